The molecule has 0 saturated heterocycles. The molecule has 2 amide bonds. The highest BCUT2D eigenvalue weighted by Gasteiger charge is 2.01. The van der Waals surface area contributed by atoms with Crippen LogP contribution >= 0.6 is 0 Å². The summed E-state index contributed by atoms with van der Waals surface area (Å²) in [5, 5.41) is 10.7. The number of aliphatic carboxylic acids is 1. The zero-order chi connectivity index (χ0) is 11.8. The van der Waals surface area contributed by atoms with E-state index in [0.29, 0.717) is 13.1 Å². The fourth-order valence-electron chi connectivity index (χ4n) is 0.917. The number of hydrogen-bond donors (Lipinski definition) is 3. The number of amides is 2. The van der Waals surface area contributed by atoms with E-state index in [-0.39, 0.29) is 0 Å². The molecule has 0 saturated carbocycles. The van der Waals surface area contributed by atoms with Crippen LogP contribution in [0.1, 0.15) is 0 Å². The van der Waals surface area contributed by atoms with Crippen molar-refractivity contribution in [1.29, 1.82) is 0 Å². The second kappa shape index (κ2) is 6.40. The SMILES string of the molecule is O=C(O)CONC(=O)NCCn1ccnc1. The minimum absolute atomic E-state index is 0.388. The van der Waals surface area contributed by atoms with Gasteiger partial charge >= 0.3 is 12.0 Å². The van der Waals surface area contributed by atoms with Gasteiger partial charge in [-0.3, -0.25) is 4.84 Å². The van der Waals surface area contributed by atoms with Crippen molar-refractivity contribution in [2.75, 3.05) is 13.2 Å². The number of aromatic nitrogens is 2. The smallest absolute Gasteiger partial charge is 0.338 e. The summed E-state index contributed by atoms with van der Waals surface area (Å²) in [6, 6.07) is -0.582. The number of carbonyl (C=O) groups excluding carboxylic acids is 1. The third-order valence-corrected chi connectivity index (χ3v) is 1.58. The molecule has 0 spiro atoms. The van der Waals surface area contributed by atoms with Gasteiger partial charge in [0.15, 0.2) is 6.61 Å². The lowest BCUT2D eigenvalue weighted by molar-refractivity contribution is -0.144. The number of urea groups is 1. The number of imidazole rings is 1. The Kier molecular flexibility index (Phi) is 4.80. The van der Waals surface area contributed by atoms with E-state index >= 15 is 0 Å². The summed E-state index contributed by atoms with van der Waals surface area (Å²) in [6.45, 7) is 0.389. The molecule has 0 unspecified atom stereocenters. The van der Waals surface area contributed by atoms with Crippen LogP contribution in [0.5, 0.6) is 0 Å². The molecule has 1 rings (SSSR count). The molecule has 0 aromatic carbocycles. The molecule has 0 bridgehead atoms. The third-order valence-electron chi connectivity index (χ3n) is 1.58. The molecule has 0 fully saturated rings. The average molecular weight is 228 g/mol. The zero-order valence-corrected chi connectivity index (χ0v) is 8.42. The molecular weight excluding hydrogens is 216 g/mol. The lowest BCUT2D eigenvalue weighted by Crippen LogP contribution is -2.38. The molecular formula is C8H12N4O4. The van der Waals surface area contributed by atoms with Gasteiger partial charge in [0.05, 0.1) is 6.33 Å². The van der Waals surface area contributed by atoms with E-state index in [1.165, 1.54) is 0 Å². The van der Waals surface area contributed by atoms with E-state index < -0.39 is 18.6 Å². The average Bonchev–Trinajstić information content (AvgIpc) is 2.70. The molecule has 0 atom stereocenters. The lowest BCUT2D eigenvalue weighted by atomic mass is 10.6. The van der Waals surface area contributed by atoms with Gasteiger partial charge in [-0.05, 0) is 0 Å². The first-order valence-corrected chi connectivity index (χ1v) is 4.51. The van der Waals surface area contributed by atoms with Gasteiger partial charge in [0, 0.05) is 25.5 Å². The molecule has 0 radical (unpaired) electrons. The summed E-state index contributed by atoms with van der Waals surface area (Å²) in [7, 11) is 0. The molecule has 16 heavy (non-hydrogen) atoms. The number of carboxylic acid groups (broad SMARTS) is 1. The second-order valence-electron chi connectivity index (χ2n) is 2.84. The number of nitrogens with one attached hydrogen (secondary N) is 2. The van der Waals surface area contributed by atoms with Crippen molar-refractivity contribution in [2.24, 2.45) is 0 Å². The van der Waals surface area contributed by atoms with Crippen LogP contribution in [0.4, 0.5) is 4.79 Å². The van der Waals surface area contributed by atoms with Crippen molar-refractivity contribution in [1.82, 2.24) is 20.3 Å². The van der Waals surface area contributed by atoms with Crippen molar-refractivity contribution in [3.05, 3.63) is 18.7 Å². The Morgan fingerprint density at radius 2 is 2.31 bits per heavy atom. The first-order valence-electron chi connectivity index (χ1n) is 4.51. The summed E-state index contributed by atoms with van der Waals surface area (Å²) < 4.78 is 1.79. The van der Waals surface area contributed by atoms with Gasteiger partial charge in [0.2, 0.25) is 0 Å². The zero-order valence-electron chi connectivity index (χ0n) is 8.42. The van der Waals surface area contributed by atoms with Crippen molar-refractivity contribution in [3.63, 3.8) is 0 Å². The fourth-order valence-corrected chi connectivity index (χ4v) is 0.917. The fraction of sp³-hybridized carbons (Fsp3) is 0.375. The van der Waals surface area contributed by atoms with Crippen molar-refractivity contribution < 1.29 is 19.5 Å². The predicted octanol–water partition coefficient (Wildman–Crippen LogP) is -0.801. The standard InChI is InChI=1S/C8H12N4O4/c13-7(14)5-16-11-8(15)10-2-4-12-3-1-9-6-12/h1,3,6H,2,4-5H2,(H,13,14)(H2,10,11,15). The van der Waals surface area contributed by atoms with Gasteiger partial charge < -0.3 is 15.0 Å². The predicted molar refractivity (Wildman–Crippen MR) is 52.3 cm³/mol. The van der Waals surface area contributed by atoms with E-state index in [2.05, 4.69) is 15.1 Å². The quantitative estimate of drug-likeness (QED) is 0.553. The maximum absolute atomic E-state index is 11.0. The summed E-state index contributed by atoms with van der Waals surface area (Å²) in [5.74, 6) is -1.15. The van der Waals surface area contributed by atoms with Gasteiger partial charge in [-0.25, -0.2) is 20.1 Å². The summed E-state index contributed by atoms with van der Waals surface area (Å²) in [5.41, 5.74) is 1.94. The summed E-state index contributed by atoms with van der Waals surface area (Å²) in [4.78, 5) is 29.2. The Hall–Kier alpha value is -2.09. The van der Waals surface area contributed by atoms with Gasteiger partial charge in [-0.2, -0.15) is 0 Å². The molecule has 0 aliphatic heterocycles. The third kappa shape index (κ3) is 4.96. The van der Waals surface area contributed by atoms with Crippen LogP contribution < -0.4 is 10.8 Å². The minimum Gasteiger partial charge on any atom is -0.479 e. The van der Waals surface area contributed by atoms with Gasteiger partial charge in [0.25, 0.3) is 0 Å². The first kappa shape index (κ1) is 12.0. The van der Waals surface area contributed by atoms with Crippen LogP contribution in [-0.4, -0.2) is 39.8 Å². The van der Waals surface area contributed by atoms with E-state index in [1.807, 2.05) is 5.48 Å². The van der Waals surface area contributed by atoms with Gasteiger partial charge in [-0.15, -0.1) is 0 Å². The van der Waals surface area contributed by atoms with E-state index in [4.69, 9.17) is 5.11 Å². The second-order valence-corrected chi connectivity index (χ2v) is 2.84. The van der Waals surface area contributed by atoms with E-state index in [0.717, 1.165) is 0 Å². The number of carbonyl (C=O) groups is 2. The molecule has 8 heteroatoms. The summed E-state index contributed by atoms with van der Waals surface area (Å²) >= 11 is 0. The molecule has 1 aromatic heterocycles. The Labute approximate surface area is 91.2 Å². The molecule has 0 aliphatic rings. The van der Waals surface area contributed by atoms with Crippen LogP contribution in [0, 0.1) is 0 Å². The Morgan fingerprint density at radius 1 is 1.50 bits per heavy atom. The molecule has 1 heterocycles. The molecule has 88 valence electrons. The number of rotatable bonds is 6. The van der Waals surface area contributed by atoms with Crippen LogP contribution in [0.25, 0.3) is 0 Å². The van der Waals surface area contributed by atoms with Crippen LogP contribution in [0.15, 0.2) is 18.7 Å². The number of carboxylic acids is 1. The van der Waals surface area contributed by atoms with Crippen LogP contribution in [0.2, 0.25) is 0 Å². The maximum atomic E-state index is 11.0. The minimum atomic E-state index is -1.15. The molecule has 8 nitrogen and oxygen atoms in total. The normalized spacial score (nSPS) is 9.75. The summed E-state index contributed by atoms with van der Waals surface area (Å²) in [6.07, 6.45) is 5.02. The molecule has 0 aliphatic carbocycles. The molecule has 3 N–H and O–H groups in total. The van der Waals surface area contributed by atoms with Crippen molar-refractivity contribution >= 4 is 12.0 Å². The van der Waals surface area contributed by atoms with E-state index in [1.54, 1.807) is 23.3 Å². The van der Waals surface area contributed by atoms with Crippen LogP contribution in [0.3, 0.4) is 0 Å². The Morgan fingerprint density at radius 3 is 2.94 bits per heavy atom. The van der Waals surface area contributed by atoms with E-state index in [9.17, 15) is 9.59 Å². The first-order chi connectivity index (χ1) is 7.68. The molecule has 1 aromatic rings. The monoisotopic (exact) mass is 228 g/mol. The highest BCUT2D eigenvalue weighted by atomic mass is 16.7. The van der Waals surface area contributed by atoms with Crippen molar-refractivity contribution in [3.8, 4) is 0 Å². The highest BCUT2D eigenvalue weighted by Crippen LogP contribution is 1.83. The largest absolute Gasteiger partial charge is 0.479 e. The number of nitrogens with zero attached hydrogens (tertiary/aromatic N) is 2. The number of hydrogen-bond acceptors (Lipinski definition) is 4. The highest BCUT2D eigenvalue weighted by molar-refractivity contribution is 5.73. The van der Waals surface area contributed by atoms with Gasteiger partial charge in [0.1, 0.15) is 0 Å². The lowest BCUT2D eigenvalue weighted by Gasteiger charge is -2.06. The van der Waals surface area contributed by atoms with Crippen molar-refractivity contribution in [2.45, 2.75) is 6.54 Å². The Bertz CT molecular complexity index is 338. The Balaban J connectivity index is 2.04. The number of hydroxylamine groups is 1. The topological polar surface area (TPSA) is 105 Å². The van der Waals surface area contributed by atoms with Crippen LogP contribution in [-0.2, 0) is 16.2 Å². The maximum Gasteiger partial charge on any atom is 0.338 e. The van der Waals surface area contributed by atoms with Gasteiger partial charge in [-0.1, -0.05) is 0 Å².